The fourth-order valence-electron chi connectivity index (χ4n) is 0.572. The molecule has 0 bridgehead atoms. The van der Waals surface area contributed by atoms with E-state index in [1.807, 2.05) is 0 Å². The maximum Gasteiger partial charge on any atom is 0.334 e. The molecule has 0 aliphatic heterocycles. The molecule has 64 valence electrons. The SMILES string of the molecule is C#CC/C(=C\C(=O)O)C(=O)OC. The summed E-state index contributed by atoms with van der Waals surface area (Å²) in [5.74, 6) is 0.226. The highest BCUT2D eigenvalue weighted by molar-refractivity contribution is 5.95. The summed E-state index contributed by atoms with van der Waals surface area (Å²) in [6, 6.07) is 0. The van der Waals surface area contributed by atoms with Gasteiger partial charge in [0.15, 0.2) is 0 Å². The number of esters is 1. The third-order valence-corrected chi connectivity index (χ3v) is 1.04. The van der Waals surface area contributed by atoms with Crippen molar-refractivity contribution in [2.75, 3.05) is 7.11 Å². The molecule has 0 aromatic carbocycles. The Morgan fingerprint density at radius 3 is 2.58 bits per heavy atom. The second-order valence-corrected chi connectivity index (χ2v) is 1.88. The minimum Gasteiger partial charge on any atom is -0.478 e. The van der Waals surface area contributed by atoms with Crippen LogP contribution in [0, 0.1) is 12.3 Å². The fourth-order valence-corrected chi connectivity index (χ4v) is 0.572. The molecule has 0 amide bonds. The molecule has 0 spiro atoms. The molecule has 0 aliphatic rings. The maximum atomic E-state index is 10.8. The molecule has 0 aromatic rings. The normalized spacial score (nSPS) is 10.2. The van der Waals surface area contributed by atoms with Crippen LogP contribution in [0.25, 0.3) is 0 Å². The number of rotatable bonds is 3. The first kappa shape index (κ1) is 10.2. The first-order valence-electron chi connectivity index (χ1n) is 3.07. The van der Waals surface area contributed by atoms with Crippen molar-refractivity contribution in [3.63, 3.8) is 0 Å². The van der Waals surface area contributed by atoms with Crippen LogP contribution in [-0.4, -0.2) is 24.2 Å². The van der Waals surface area contributed by atoms with Gasteiger partial charge >= 0.3 is 11.9 Å². The van der Waals surface area contributed by atoms with Crippen molar-refractivity contribution in [1.29, 1.82) is 0 Å². The predicted octanol–water partition coefficient (Wildman–Crippen LogP) is 0.194. The molecule has 4 heteroatoms. The van der Waals surface area contributed by atoms with Gasteiger partial charge in [-0.25, -0.2) is 9.59 Å². The molecule has 0 radical (unpaired) electrons. The van der Waals surface area contributed by atoms with Gasteiger partial charge in [0.1, 0.15) is 0 Å². The number of terminal acetylenes is 1. The summed E-state index contributed by atoms with van der Waals surface area (Å²) in [6.07, 6.45) is 5.61. The van der Waals surface area contributed by atoms with E-state index in [1.54, 1.807) is 0 Å². The third kappa shape index (κ3) is 3.42. The van der Waals surface area contributed by atoms with Crippen LogP contribution in [0.4, 0.5) is 0 Å². The Kier molecular flexibility index (Phi) is 4.24. The van der Waals surface area contributed by atoms with Crippen molar-refractivity contribution in [3.8, 4) is 12.3 Å². The Bertz CT molecular complexity index is 257. The van der Waals surface area contributed by atoms with Crippen molar-refractivity contribution >= 4 is 11.9 Å². The van der Waals surface area contributed by atoms with E-state index in [1.165, 1.54) is 0 Å². The van der Waals surface area contributed by atoms with Crippen LogP contribution in [0.5, 0.6) is 0 Å². The summed E-state index contributed by atoms with van der Waals surface area (Å²) < 4.78 is 4.30. The van der Waals surface area contributed by atoms with Crippen LogP contribution in [0.3, 0.4) is 0 Å². The Hall–Kier alpha value is -1.76. The number of carbonyl (C=O) groups excluding carboxylic acids is 1. The zero-order valence-corrected chi connectivity index (χ0v) is 6.53. The molecular formula is C8H8O4. The molecule has 4 nitrogen and oxygen atoms in total. The van der Waals surface area contributed by atoms with Gasteiger partial charge in [-0.05, 0) is 0 Å². The zero-order valence-electron chi connectivity index (χ0n) is 6.53. The Morgan fingerprint density at radius 2 is 2.25 bits per heavy atom. The van der Waals surface area contributed by atoms with Gasteiger partial charge in [-0.3, -0.25) is 0 Å². The standard InChI is InChI=1S/C8H8O4/c1-3-4-6(5-7(9)10)8(11)12-2/h1,5H,4H2,2H3,(H,9,10)/b6-5+. The van der Waals surface area contributed by atoms with Gasteiger partial charge < -0.3 is 9.84 Å². The molecule has 0 saturated carbocycles. The van der Waals surface area contributed by atoms with Crippen LogP contribution in [0.15, 0.2) is 11.6 Å². The quantitative estimate of drug-likeness (QED) is 0.371. The van der Waals surface area contributed by atoms with Crippen molar-refractivity contribution < 1.29 is 19.4 Å². The number of hydrogen-bond donors (Lipinski definition) is 1. The highest BCUT2D eigenvalue weighted by Gasteiger charge is 2.09. The second-order valence-electron chi connectivity index (χ2n) is 1.88. The van der Waals surface area contributed by atoms with Crippen molar-refractivity contribution in [2.45, 2.75) is 6.42 Å². The molecular weight excluding hydrogens is 160 g/mol. The van der Waals surface area contributed by atoms with Crippen molar-refractivity contribution in [1.82, 2.24) is 0 Å². The summed E-state index contributed by atoms with van der Waals surface area (Å²) in [6.45, 7) is 0. The van der Waals surface area contributed by atoms with Crippen LogP contribution in [0.2, 0.25) is 0 Å². The average molecular weight is 168 g/mol. The zero-order chi connectivity index (χ0) is 9.56. The maximum absolute atomic E-state index is 10.8. The van der Waals surface area contributed by atoms with Crippen LogP contribution in [-0.2, 0) is 14.3 Å². The highest BCUT2D eigenvalue weighted by atomic mass is 16.5. The number of carbonyl (C=O) groups is 2. The smallest absolute Gasteiger partial charge is 0.334 e. The number of methoxy groups -OCH3 is 1. The van der Waals surface area contributed by atoms with E-state index in [9.17, 15) is 9.59 Å². The van der Waals surface area contributed by atoms with Gasteiger partial charge in [-0.15, -0.1) is 12.3 Å². The van der Waals surface area contributed by atoms with E-state index in [4.69, 9.17) is 11.5 Å². The monoisotopic (exact) mass is 168 g/mol. The molecule has 0 saturated heterocycles. The van der Waals surface area contributed by atoms with E-state index < -0.39 is 11.9 Å². The molecule has 0 aromatic heterocycles. The summed E-state index contributed by atoms with van der Waals surface area (Å²) >= 11 is 0. The lowest BCUT2D eigenvalue weighted by atomic mass is 10.2. The van der Waals surface area contributed by atoms with Gasteiger partial charge in [0.2, 0.25) is 0 Å². The number of aliphatic carboxylic acids is 1. The van der Waals surface area contributed by atoms with E-state index in [2.05, 4.69) is 10.7 Å². The van der Waals surface area contributed by atoms with Gasteiger partial charge in [0, 0.05) is 12.5 Å². The first-order chi connectivity index (χ1) is 5.61. The lowest BCUT2D eigenvalue weighted by molar-refractivity contribution is -0.137. The molecule has 12 heavy (non-hydrogen) atoms. The largest absolute Gasteiger partial charge is 0.478 e. The fraction of sp³-hybridized carbons (Fsp3) is 0.250. The van der Waals surface area contributed by atoms with E-state index >= 15 is 0 Å². The average Bonchev–Trinajstić information content (AvgIpc) is 2.01. The molecule has 1 N–H and O–H groups in total. The summed E-state index contributed by atoms with van der Waals surface area (Å²) in [4.78, 5) is 20.9. The van der Waals surface area contributed by atoms with Crippen molar-refractivity contribution in [2.24, 2.45) is 0 Å². The van der Waals surface area contributed by atoms with Crippen molar-refractivity contribution in [3.05, 3.63) is 11.6 Å². The van der Waals surface area contributed by atoms with Crippen LogP contribution < -0.4 is 0 Å². The van der Waals surface area contributed by atoms with Crippen LogP contribution >= 0.6 is 0 Å². The van der Waals surface area contributed by atoms with Gasteiger partial charge in [0.25, 0.3) is 0 Å². The molecule has 0 atom stereocenters. The van der Waals surface area contributed by atoms with Gasteiger partial charge in [-0.1, -0.05) is 0 Å². The van der Waals surface area contributed by atoms with Gasteiger partial charge in [0.05, 0.1) is 12.7 Å². The molecule has 0 rings (SSSR count). The van der Waals surface area contributed by atoms with Gasteiger partial charge in [-0.2, -0.15) is 0 Å². The molecule has 0 aliphatic carbocycles. The topological polar surface area (TPSA) is 63.6 Å². The van der Waals surface area contributed by atoms with E-state index in [0.717, 1.165) is 13.2 Å². The number of hydrogen-bond acceptors (Lipinski definition) is 3. The lowest BCUT2D eigenvalue weighted by Gasteiger charge is -1.98. The number of ether oxygens (including phenoxy) is 1. The predicted molar refractivity (Wildman–Crippen MR) is 41.2 cm³/mol. The molecule has 0 unspecified atom stereocenters. The number of carboxylic acid groups (broad SMARTS) is 1. The summed E-state index contributed by atoms with van der Waals surface area (Å²) in [5.41, 5.74) is -0.0347. The Morgan fingerprint density at radius 1 is 1.67 bits per heavy atom. The first-order valence-corrected chi connectivity index (χ1v) is 3.07. The molecule has 0 fully saturated rings. The Balaban J connectivity index is 4.56. The summed E-state index contributed by atoms with van der Waals surface area (Å²) in [7, 11) is 1.16. The second kappa shape index (κ2) is 4.97. The number of carboxylic acids is 1. The highest BCUT2D eigenvalue weighted by Crippen LogP contribution is 2.01. The van der Waals surface area contributed by atoms with E-state index in [-0.39, 0.29) is 12.0 Å². The van der Waals surface area contributed by atoms with E-state index in [0.29, 0.717) is 0 Å². The summed E-state index contributed by atoms with van der Waals surface area (Å²) in [5, 5.41) is 8.30. The minimum atomic E-state index is -1.22. The Labute approximate surface area is 69.8 Å². The van der Waals surface area contributed by atoms with Crippen LogP contribution in [0.1, 0.15) is 6.42 Å². The molecule has 0 heterocycles. The third-order valence-electron chi connectivity index (χ3n) is 1.04. The lowest BCUT2D eigenvalue weighted by Crippen LogP contribution is -2.06. The minimum absolute atomic E-state index is 0.0347.